The van der Waals surface area contributed by atoms with Gasteiger partial charge in [0.2, 0.25) is 0 Å². The molecular formula is C26H35N7O3. The second-order valence-corrected chi connectivity index (χ2v) is 9.88. The van der Waals surface area contributed by atoms with Crippen LogP contribution in [0, 0.1) is 0 Å². The Bertz CT molecular complexity index is 1100. The highest BCUT2D eigenvalue weighted by Gasteiger charge is 2.39. The summed E-state index contributed by atoms with van der Waals surface area (Å²) >= 11 is 0. The predicted molar refractivity (Wildman–Crippen MR) is 137 cm³/mol. The van der Waals surface area contributed by atoms with Crippen molar-refractivity contribution in [3.8, 4) is 11.8 Å². The number of carbonyl (C=O) groups is 2. The highest BCUT2D eigenvalue weighted by Crippen LogP contribution is 2.39. The van der Waals surface area contributed by atoms with E-state index in [0.717, 1.165) is 51.6 Å². The number of anilines is 2. The fourth-order valence-corrected chi connectivity index (χ4v) is 5.30. The van der Waals surface area contributed by atoms with Crippen molar-refractivity contribution in [1.29, 1.82) is 0 Å². The van der Waals surface area contributed by atoms with Crippen LogP contribution in [0.2, 0.25) is 0 Å². The first kappa shape index (κ1) is 24.3. The number of hydrogen-bond acceptors (Lipinski definition) is 7. The van der Waals surface area contributed by atoms with Crippen LogP contribution in [-0.4, -0.2) is 77.6 Å². The Kier molecular flexibility index (Phi) is 6.95. The lowest BCUT2D eigenvalue weighted by Crippen LogP contribution is -2.59. The maximum atomic E-state index is 13.0. The van der Waals surface area contributed by atoms with E-state index in [2.05, 4.69) is 22.2 Å². The number of likely N-dealkylation sites (tertiary alicyclic amines) is 1. The van der Waals surface area contributed by atoms with E-state index >= 15 is 0 Å². The van der Waals surface area contributed by atoms with Gasteiger partial charge >= 0.3 is 12.0 Å². The van der Waals surface area contributed by atoms with Gasteiger partial charge in [0, 0.05) is 25.2 Å². The van der Waals surface area contributed by atoms with Gasteiger partial charge in [0.15, 0.2) is 5.82 Å². The minimum atomic E-state index is -0.0803. The smallest absolute Gasteiger partial charge is 0.343 e. The highest BCUT2D eigenvalue weighted by molar-refractivity contribution is 5.98. The molecule has 1 saturated carbocycles. The number of piperidine rings is 1. The Hall–Kier alpha value is -3.40. The van der Waals surface area contributed by atoms with Crippen LogP contribution in [-0.2, 0) is 0 Å². The van der Waals surface area contributed by atoms with Crippen LogP contribution in [0.1, 0.15) is 55.8 Å². The molecule has 2 aliphatic heterocycles. The lowest BCUT2D eigenvalue weighted by atomic mass is 10.0. The molecule has 1 aromatic carbocycles. The van der Waals surface area contributed by atoms with E-state index in [1.54, 1.807) is 47.4 Å². The van der Waals surface area contributed by atoms with Crippen molar-refractivity contribution in [2.24, 2.45) is 0 Å². The van der Waals surface area contributed by atoms with E-state index in [4.69, 9.17) is 9.72 Å². The van der Waals surface area contributed by atoms with Gasteiger partial charge in [-0.15, -0.1) is 0 Å². The van der Waals surface area contributed by atoms with E-state index in [0.29, 0.717) is 29.4 Å². The van der Waals surface area contributed by atoms with Crippen LogP contribution >= 0.6 is 0 Å². The predicted octanol–water partition coefficient (Wildman–Crippen LogP) is 3.65. The summed E-state index contributed by atoms with van der Waals surface area (Å²) in [6.07, 6.45) is 7.91. The molecule has 36 heavy (non-hydrogen) atoms. The summed E-state index contributed by atoms with van der Waals surface area (Å²) in [4.78, 5) is 38.6. The molecule has 5 rings (SSSR count). The summed E-state index contributed by atoms with van der Waals surface area (Å²) in [6.45, 7) is 4.52. The van der Waals surface area contributed by atoms with Gasteiger partial charge in [-0.05, 0) is 77.0 Å². The fourth-order valence-electron chi connectivity index (χ4n) is 5.30. The van der Waals surface area contributed by atoms with Crippen LogP contribution < -0.4 is 20.0 Å². The fraction of sp³-hybridized carbons (Fsp3) is 0.538. The number of benzene rings is 1. The minimum absolute atomic E-state index is 0.0688. The topological polar surface area (TPSA) is 94.1 Å². The maximum Gasteiger partial charge on any atom is 0.343 e. The molecule has 3 aliphatic rings. The van der Waals surface area contributed by atoms with Crippen LogP contribution in [0.3, 0.4) is 0 Å². The number of hydrogen-bond donors (Lipinski definition) is 1. The van der Waals surface area contributed by atoms with E-state index in [9.17, 15) is 9.59 Å². The molecular weight excluding hydrogens is 458 g/mol. The quantitative estimate of drug-likeness (QED) is 0.656. The molecule has 0 radical (unpaired) electrons. The molecule has 1 N–H and O–H groups in total. The standard InChI is InChI=1S/C26H35N7O3/c1-4-32-26(35)31(3)22-17-27-25(29-23(22)33(32)20-7-5-6-8-20)36-21-11-9-18(10-12-21)24(34)28-19-13-15-30(2)16-14-19/h9-12,17,19-20H,4-8,13-16H2,1-3H3,(H,28,34). The highest BCUT2D eigenvalue weighted by atomic mass is 16.5. The molecule has 10 nitrogen and oxygen atoms in total. The summed E-state index contributed by atoms with van der Waals surface area (Å²) in [6, 6.07) is 7.60. The van der Waals surface area contributed by atoms with Crippen LogP contribution in [0.15, 0.2) is 30.5 Å². The summed E-state index contributed by atoms with van der Waals surface area (Å²) in [5, 5.41) is 6.93. The van der Waals surface area contributed by atoms with E-state index in [1.165, 1.54) is 0 Å². The third-order valence-corrected chi connectivity index (χ3v) is 7.42. The normalized spacial score (nSPS) is 19.5. The van der Waals surface area contributed by atoms with Crippen molar-refractivity contribution in [3.05, 3.63) is 36.0 Å². The van der Waals surface area contributed by atoms with E-state index < -0.39 is 0 Å². The average Bonchev–Trinajstić information content (AvgIpc) is 3.42. The maximum absolute atomic E-state index is 13.0. The Morgan fingerprint density at radius 1 is 1.08 bits per heavy atom. The van der Waals surface area contributed by atoms with Gasteiger partial charge in [-0.25, -0.2) is 14.8 Å². The number of aromatic nitrogens is 2. The van der Waals surface area contributed by atoms with E-state index in [1.807, 2.05) is 11.9 Å². The first-order valence-corrected chi connectivity index (χ1v) is 12.9. The molecule has 1 saturated heterocycles. The Morgan fingerprint density at radius 3 is 2.44 bits per heavy atom. The van der Waals surface area contributed by atoms with Gasteiger partial charge in [-0.1, -0.05) is 12.8 Å². The molecule has 1 aliphatic carbocycles. The number of rotatable bonds is 6. The Balaban J connectivity index is 1.31. The van der Waals surface area contributed by atoms with Gasteiger partial charge in [0.05, 0.1) is 12.2 Å². The SMILES string of the molecule is CCN1C(=O)N(C)c2cnc(Oc3ccc(C(=O)NC4CCN(C)CC4)cc3)nc2N1C1CCCC1. The number of urea groups is 1. The van der Waals surface area contributed by atoms with Crippen molar-refractivity contribution in [3.63, 3.8) is 0 Å². The summed E-state index contributed by atoms with van der Waals surface area (Å²) in [5.41, 5.74) is 1.27. The average molecular weight is 494 g/mol. The molecule has 0 atom stereocenters. The van der Waals surface area contributed by atoms with Gasteiger partial charge in [0.1, 0.15) is 11.4 Å². The molecule has 3 amide bonds. The first-order chi connectivity index (χ1) is 17.4. The molecule has 0 spiro atoms. The number of fused-ring (bicyclic) bond motifs is 1. The first-order valence-electron chi connectivity index (χ1n) is 12.9. The molecule has 2 fully saturated rings. The molecule has 192 valence electrons. The summed E-state index contributed by atoms with van der Waals surface area (Å²) in [7, 11) is 3.85. The second kappa shape index (κ2) is 10.3. The number of nitrogens with zero attached hydrogens (tertiary/aromatic N) is 6. The minimum Gasteiger partial charge on any atom is -0.424 e. The lowest BCUT2D eigenvalue weighted by Gasteiger charge is -2.45. The van der Waals surface area contributed by atoms with E-state index in [-0.39, 0.29) is 30.0 Å². The third-order valence-electron chi connectivity index (χ3n) is 7.42. The molecule has 0 bridgehead atoms. The summed E-state index contributed by atoms with van der Waals surface area (Å²) in [5.74, 6) is 1.16. The third kappa shape index (κ3) is 4.82. The zero-order valence-electron chi connectivity index (χ0n) is 21.3. The molecule has 10 heteroatoms. The summed E-state index contributed by atoms with van der Waals surface area (Å²) < 4.78 is 5.97. The van der Waals surface area contributed by atoms with Crippen LogP contribution in [0.5, 0.6) is 11.8 Å². The monoisotopic (exact) mass is 493 g/mol. The second-order valence-electron chi connectivity index (χ2n) is 9.88. The van der Waals surface area contributed by atoms with Gasteiger partial charge < -0.3 is 15.0 Å². The molecule has 2 aromatic rings. The zero-order chi connectivity index (χ0) is 25.2. The van der Waals surface area contributed by atoms with Crippen molar-refractivity contribution in [2.75, 3.05) is 43.6 Å². The zero-order valence-corrected chi connectivity index (χ0v) is 21.3. The van der Waals surface area contributed by atoms with Crippen LogP contribution in [0.4, 0.5) is 16.3 Å². The van der Waals surface area contributed by atoms with Crippen molar-refractivity contribution >= 4 is 23.4 Å². The van der Waals surface area contributed by atoms with Crippen molar-refractivity contribution in [1.82, 2.24) is 25.2 Å². The Morgan fingerprint density at radius 2 is 1.78 bits per heavy atom. The van der Waals surface area contributed by atoms with Crippen molar-refractivity contribution in [2.45, 2.75) is 57.5 Å². The van der Waals surface area contributed by atoms with Crippen LogP contribution in [0.25, 0.3) is 0 Å². The number of nitrogens with one attached hydrogen (secondary N) is 1. The molecule has 0 unspecified atom stereocenters. The van der Waals surface area contributed by atoms with Gasteiger partial charge in [0.25, 0.3) is 5.91 Å². The molecule has 3 heterocycles. The number of amides is 3. The number of carbonyl (C=O) groups excluding carboxylic acids is 2. The molecule has 1 aromatic heterocycles. The Labute approximate surface area is 212 Å². The largest absolute Gasteiger partial charge is 0.424 e. The number of hydrazine groups is 1. The lowest BCUT2D eigenvalue weighted by molar-refractivity contribution is 0.0917. The van der Waals surface area contributed by atoms with Gasteiger partial charge in [-0.3, -0.25) is 14.7 Å². The van der Waals surface area contributed by atoms with Gasteiger partial charge in [-0.2, -0.15) is 4.98 Å². The number of ether oxygens (including phenoxy) is 1. The van der Waals surface area contributed by atoms with Crippen molar-refractivity contribution < 1.29 is 14.3 Å².